The van der Waals surface area contributed by atoms with Gasteiger partial charge in [-0.1, -0.05) is 45.4 Å². The van der Waals surface area contributed by atoms with Crippen molar-refractivity contribution in [2.24, 2.45) is 0 Å². The predicted molar refractivity (Wildman–Crippen MR) is 110 cm³/mol. The summed E-state index contributed by atoms with van der Waals surface area (Å²) in [5, 5.41) is 4.00. The van der Waals surface area contributed by atoms with Gasteiger partial charge in [0.05, 0.1) is 6.54 Å². The number of aromatic nitrogens is 2. The van der Waals surface area contributed by atoms with Crippen molar-refractivity contribution in [3.05, 3.63) is 64.0 Å². The number of benzene rings is 2. The second-order valence-corrected chi connectivity index (χ2v) is 7.66. The number of carbonyl (C=O) groups excluding carboxylic acids is 1. The van der Waals surface area contributed by atoms with Crippen molar-refractivity contribution in [3.8, 4) is 17.1 Å². The SMILES string of the molecule is Cc1ccc(C)c(O[C@H](C)C(=O)N(C)Cc2nc(-c3cccc(Br)c3)no2)c1. The van der Waals surface area contributed by atoms with E-state index in [1.807, 2.05) is 56.3 Å². The highest BCUT2D eigenvalue weighted by molar-refractivity contribution is 9.10. The Bertz CT molecular complexity index is 987. The van der Waals surface area contributed by atoms with Crippen LogP contribution in [0.3, 0.4) is 0 Å². The number of nitrogens with zero attached hydrogens (tertiary/aromatic N) is 3. The van der Waals surface area contributed by atoms with Gasteiger partial charge in [0, 0.05) is 17.1 Å². The van der Waals surface area contributed by atoms with Gasteiger partial charge in [-0.25, -0.2) is 0 Å². The minimum absolute atomic E-state index is 0.164. The predicted octanol–water partition coefficient (Wildman–Crippen LogP) is 4.54. The fourth-order valence-electron chi connectivity index (χ4n) is 2.73. The summed E-state index contributed by atoms with van der Waals surface area (Å²) in [7, 11) is 1.69. The molecule has 146 valence electrons. The van der Waals surface area contributed by atoms with Gasteiger partial charge < -0.3 is 14.2 Å². The Morgan fingerprint density at radius 3 is 2.79 bits per heavy atom. The minimum atomic E-state index is -0.627. The first-order chi connectivity index (χ1) is 13.3. The van der Waals surface area contributed by atoms with Crippen LogP contribution in [0.1, 0.15) is 23.9 Å². The molecule has 3 rings (SSSR count). The molecule has 0 aliphatic carbocycles. The number of carbonyl (C=O) groups is 1. The van der Waals surface area contributed by atoms with Crippen LogP contribution in [0.2, 0.25) is 0 Å². The summed E-state index contributed by atoms with van der Waals surface area (Å²) < 4.78 is 12.1. The van der Waals surface area contributed by atoms with E-state index in [1.165, 1.54) is 4.90 Å². The van der Waals surface area contributed by atoms with Gasteiger partial charge in [-0.05, 0) is 50.1 Å². The van der Waals surface area contributed by atoms with Crippen LogP contribution in [-0.2, 0) is 11.3 Å². The fourth-order valence-corrected chi connectivity index (χ4v) is 3.13. The zero-order chi connectivity index (χ0) is 20.3. The molecule has 6 nitrogen and oxygen atoms in total. The smallest absolute Gasteiger partial charge is 0.263 e. The fraction of sp³-hybridized carbons (Fsp3) is 0.286. The Kier molecular flexibility index (Phi) is 6.14. The third kappa shape index (κ3) is 4.78. The van der Waals surface area contributed by atoms with Crippen LogP contribution in [0.15, 0.2) is 51.5 Å². The van der Waals surface area contributed by atoms with Crippen molar-refractivity contribution >= 4 is 21.8 Å². The van der Waals surface area contributed by atoms with Gasteiger partial charge in [0.15, 0.2) is 6.10 Å². The molecule has 7 heteroatoms. The molecule has 0 radical (unpaired) electrons. The van der Waals surface area contributed by atoms with Gasteiger partial charge >= 0.3 is 0 Å². The summed E-state index contributed by atoms with van der Waals surface area (Å²) in [6.45, 7) is 5.89. The van der Waals surface area contributed by atoms with Crippen molar-refractivity contribution in [1.82, 2.24) is 15.0 Å². The lowest BCUT2D eigenvalue weighted by atomic mass is 10.1. The monoisotopic (exact) mass is 443 g/mol. The third-order valence-electron chi connectivity index (χ3n) is 4.29. The number of hydrogen-bond donors (Lipinski definition) is 0. The van der Waals surface area contributed by atoms with E-state index in [0.29, 0.717) is 17.5 Å². The van der Waals surface area contributed by atoms with Crippen molar-refractivity contribution in [1.29, 1.82) is 0 Å². The molecule has 1 amide bonds. The lowest BCUT2D eigenvalue weighted by Crippen LogP contribution is -2.37. The van der Waals surface area contributed by atoms with Gasteiger partial charge in [0.1, 0.15) is 5.75 Å². The molecular formula is C21H22BrN3O3. The van der Waals surface area contributed by atoms with E-state index in [-0.39, 0.29) is 12.5 Å². The summed E-state index contributed by atoms with van der Waals surface area (Å²) in [5.41, 5.74) is 2.91. The highest BCUT2D eigenvalue weighted by Crippen LogP contribution is 2.22. The van der Waals surface area contributed by atoms with E-state index in [1.54, 1.807) is 14.0 Å². The second kappa shape index (κ2) is 8.56. The second-order valence-electron chi connectivity index (χ2n) is 6.75. The number of ether oxygens (including phenoxy) is 1. The summed E-state index contributed by atoms with van der Waals surface area (Å²) in [4.78, 5) is 18.6. The molecule has 0 saturated heterocycles. The third-order valence-corrected chi connectivity index (χ3v) is 4.79. The number of likely N-dealkylation sites (N-methyl/N-ethyl adjacent to an activating group) is 1. The van der Waals surface area contributed by atoms with Gasteiger partial charge in [-0.15, -0.1) is 0 Å². The molecule has 0 unspecified atom stereocenters. The Hall–Kier alpha value is -2.67. The van der Waals surface area contributed by atoms with Gasteiger partial charge in [0.2, 0.25) is 11.7 Å². The minimum Gasteiger partial charge on any atom is -0.481 e. The molecule has 0 N–H and O–H groups in total. The van der Waals surface area contributed by atoms with E-state index in [0.717, 1.165) is 21.2 Å². The summed E-state index contributed by atoms with van der Waals surface area (Å²) in [6.07, 6.45) is -0.627. The molecule has 0 aliphatic heterocycles. The number of aryl methyl sites for hydroxylation is 2. The highest BCUT2D eigenvalue weighted by atomic mass is 79.9. The van der Waals surface area contributed by atoms with Crippen molar-refractivity contribution in [2.75, 3.05) is 7.05 Å². The van der Waals surface area contributed by atoms with E-state index >= 15 is 0 Å². The average Bonchev–Trinajstić information content (AvgIpc) is 3.12. The number of amides is 1. The van der Waals surface area contributed by atoms with Crippen LogP contribution in [0.25, 0.3) is 11.4 Å². The maximum absolute atomic E-state index is 12.7. The molecule has 0 fully saturated rings. The lowest BCUT2D eigenvalue weighted by molar-refractivity contribution is -0.137. The standard InChI is InChI=1S/C21H22BrN3O3/c1-13-8-9-14(2)18(10-13)27-15(3)21(26)25(4)12-19-23-20(24-28-19)16-6-5-7-17(22)11-16/h5-11,15H,12H2,1-4H3/t15-/m1/s1. The Morgan fingerprint density at radius 2 is 2.04 bits per heavy atom. The largest absolute Gasteiger partial charge is 0.481 e. The Morgan fingerprint density at radius 1 is 1.25 bits per heavy atom. The molecule has 3 aromatic rings. The topological polar surface area (TPSA) is 68.5 Å². The normalized spacial score (nSPS) is 11.9. The molecule has 1 aromatic heterocycles. The van der Waals surface area contributed by atoms with E-state index in [4.69, 9.17) is 9.26 Å². The highest BCUT2D eigenvalue weighted by Gasteiger charge is 2.22. The number of hydrogen-bond acceptors (Lipinski definition) is 5. The zero-order valence-electron chi connectivity index (χ0n) is 16.3. The van der Waals surface area contributed by atoms with E-state index in [9.17, 15) is 4.79 Å². The van der Waals surface area contributed by atoms with Crippen LogP contribution in [0.4, 0.5) is 0 Å². The molecule has 0 bridgehead atoms. The molecule has 2 aromatic carbocycles. The first-order valence-corrected chi connectivity index (χ1v) is 9.70. The summed E-state index contributed by atoms with van der Waals surface area (Å²) in [5.74, 6) is 1.40. The number of rotatable bonds is 6. The maximum atomic E-state index is 12.7. The van der Waals surface area contributed by atoms with Crippen LogP contribution in [0.5, 0.6) is 5.75 Å². The van der Waals surface area contributed by atoms with Crippen molar-refractivity contribution in [2.45, 2.75) is 33.4 Å². The first-order valence-electron chi connectivity index (χ1n) is 8.91. The van der Waals surface area contributed by atoms with Crippen LogP contribution >= 0.6 is 15.9 Å². The van der Waals surface area contributed by atoms with Crippen LogP contribution < -0.4 is 4.74 Å². The van der Waals surface area contributed by atoms with E-state index < -0.39 is 6.10 Å². The van der Waals surface area contributed by atoms with Crippen molar-refractivity contribution < 1.29 is 14.1 Å². The lowest BCUT2D eigenvalue weighted by Gasteiger charge is -2.21. The molecule has 1 heterocycles. The van der Waals surface area contributed by atoms with Crippen molar-refractivity contribution in [3.63, 3.8) is 0 Å². The first kappa shape index (κ1) is 20.1. The molecule has 0 aliphatic rings. The van der Waals surface area contributed by atoms with Crippen LogP contribution in [0, 0.1) is 13.8 Å². The Balaban J connectivity index is 1.65. The molecular weight excluding hydrogens is 422 g/mol. The Labute approximate surface area is 172 Å². The molecule has 0 spiro atoms. The zero-order valence-corrected chi connectivity index (χ0v) is 17.9. The maximum Gasteiger partial charge on any atom is 0.263 e. The molecule has 1 atom stereocenters. The van der Waals surface area contributed by atoms with Gasteiger partial charge in [-0.3, -0.25) is 4.79 Å². The van der Waals surface area contributed by atoms with E-state index in [2.05, 4.69) is 26.1 Å². The average molecular weight is 444 g/mol. The van der Waals surface area contributed by atoms with Gasteiger partial charge in [-0.2, -0.15) is 4.98 Å². The summed E-state index contributed by atoms with van der Waals surface area (Å²) in [6, 6.07) is 13.6. The molecule has 28 heavy (non-hydrogen) atoms. The quantitative estimate of drug-likeness (QED) is 0.559. The number of halogens is 1. The van der Waals surface area contributed by atoms with Crippen LogP contribution in [-0.4, -0.2) is 34.1 Å². The molecule has 0 saturated carbocycles. The summed E-state index contributed by atoms with van der Waals surface area (Å²) >= 11 is 3.43. The van der Waals surface area contributed by atoms with Gasteiger partial charge in [0.25, 0.3) is 5.91 Å².